The van der Waals surface area contributed by atoms with Crippen LogP contribution in [0.15, 0.2) is 54.6 Å². The van der Waals surface area contributed by atoms with Crippen molar-refractivity contribution in [3.63, 3.8) is 0 Å². The quantitative estimate of drug-likeness (QED) is 0.831. The van der Waals surface area contributed by atoms with Gasteiger partial charge in [0.25, 0.3) is 5.91 Å². The van der Waals surface area contributed by atoms with Crippen LogP contribution in [0.4, 0.5) is 5.69 Å². The van der Waals surface area contributed by atoms with Crippen LogP contribution >= 0.6 is 12.4 Å². The molecule has 0 spiro atoms. The van der Waals surface area contributed by atoms with Crippen LogP contribution in [-0.2, 0) is 0 Å². The number of rotatable bonds is 4. The number of nitrogens with two attached hydrogens (primary N) is 1. The number of nitrogen functional groups attached to an aromatic ring is 1. The SMILES string of the molecule is CCC(c1ccccc1)C1CCCN1C(=O)c1cccc(N)c1.Cl. The topological polar surface area (TPSA) is 46.3 Å². The number of halogens is 1. The van der Waals surface area contributed by atoms with Crippen LogP contribution in [0.5, 0.6) is 0 Å². The highest BCUT2D eigenvalue weighted by atomic mass is 35.5. The number of benzene rings is 2. The zero-order valence-corrected chi connectivity index (χ0v) is 14.8. The zero-order valence-electron chi connectivity index (χ0n) is 14.0. The summed E-state index contributed by atoms with van der Waals surface area (Å²) in [6.07, 6.45) is 3.18. The number of amides is 1. The lowest BCUT2D eigenvalue weighted by Crippen LogP contribution is -2.39. The molecule has 2 N–H and O–H groups in total. The normalized spacial score (nSPS) is 18.0. The number of hydrogen-bond acceptors (Lipinski definition) is 2. The van der Waals surface area contributed by atoms with Crippen LogP contribution in [0.2, 0.25) is 0 Å². The number of nitrogens with zero attached hydrogens (tertiary/aromatic N) is 1. The van der Waals surface area contributed by atoms with E-state index in [-0.39, 0.29) is 24.4 Å². The van der Waals surface area contributed by atoms with Crippen molar-refractivity contribution in [3.05, 3.63) is 65.7 Å². The summed E-state index contributed by atoms with van der Waals surface area (Å²) in [7, 11) is 0. The highest BCUT2D eigenvalue weighted by Gasteiger charge is 2.34. The molecule has 128 valence electrons. The van der Waals surface area contributed by atoms with Crippen molar-refractivity contribution in [2.24, 2.45) is 0 Å². The molecule has 2 aromatic rings. The van der Waals surface area contributed by atoms with Crippen molar-refractivity contribution in [1.82, 2.24) is 4.90 Å². The van der Waals surface area contributed by atoms with Gasteiger partial charge in [-0.3, -0.25) is 4.79 Å². The summed E-state index contributed by atoms with van der Waals surface area (Å²) in [5, 5.41) is 0. The fraction of sp³-hybridized carbons (Fsp3) is 0.350. The van der Waals surface area contributed by atoms with Crippen LogP contribution in [0.1, 0.15) is 48.0 Å². The molecule has 0 radical (unpaired) electrons. The van der Waals surface area contributed by atoms with Gasteiger partial charge in [-0.1, -0.05) is 43.3 Å². The Hall–Kier alpha value is -2.00. The summed E-state index contributed by atoms with van der Waals surface area (Å²) >= 11 is 0. The minimum atomic E-state index is 0. The maximum Gasteiger partial charge on any atom is 0.254 e. The van der Waals surface area contributed by atoms with Crippen molar-refractivity contribution in [2.45, 2.75) is 38.1 Å². The van der Waals surface area contributed by atoms with Gasteiger partial charge in [0.1, 0.15) is 0 Å². The molecule has 0 aromatic heterocycles. The van der Waals surface area contributed by atoms with Gasteiger partial charge in [0.05, 0.1) is 0 Å². The van der Waals surface area contributed by atoms with Gasteiger partial charge in [-0.05, 0) is 43.0 Å². The molecule has 24 heavy (non-hydrogen) atoms. The van der Waals surface area contributed by atoms with Gasteiger partial charge in [0.2, 0.25) is 0 Å². The van der Waals surface area contributed by atoms with Gasteiger partial charge in [-0.2, -0.15) is 0 Å². The Morgan fingerprint density at radius 3 is 2.62 bits per heavy atom. The average Bonchev–Trinajstić information content (AvgIpc) is 3.05. The largest absolute Gasteiger partial charge is 0.399 e. The van der Waals surface area contributed by atoms with Gasteiger partial charge < -0.3 is 10.6 Å². The molecule has 3 rings (SSSR count). The van der Waals surface area contributed by atoms with E-state index in [1.165, 1.54) is 5.56 Å². The second-order valence-corrected chi connectivity index (χ2v) is 6.26. The summed E-state index contributed by atoms with van der Waals surface area (Å²) < 4.78 is 0. The Kier molecular flexibility index (Phi) is 6.27. The van der Waals surface area contributed by atoms with E-state index < -0.39 is 0 Å². The van der Waals surface area contributed by atoms with Gasteiger partial charge >= 0.3 is 0 Å². The lowest BCUT2D eigenvalue weighted by Gasteiger charge is -2.32. The molecule has 1 aliphatic heterocycles. The molecule has 0 saturated carbocycles. The van der Waals surface area contributed by atoms with Crippen LogP contribution < -0.4 is 5.73 Å². The second kappa shape index (κ2) is 8.20. The molecule has 1 aliphatic rings. The molecule has 1 amide bonds. The van der Waals surface area contributed by atoms with E-state index in [9.17, 15) is 4.79 Å². The molecule has 2 aromatic carbocycles. The van der Waals surface area contributed by atoms with Crippen molar-refractivity contribution < 1.29 is 4.79 Å². The molecule has 1 heterocycles. The Balaban J connectivity index is 0.00000208. The minimum absolute atomic E-state index is 0. The average molecular weight is 345 g/mol. The smallest absolute Gasteiger partial charge is 0.254 e. The predicted molar refractivity (Wildman–Crippen MR) is 102 cm³/mol. The number of hydrogen-bond donors (Lipinski definition) is 1. The third-order valence-electron chi connectivity index (χ3n) is 4.83. The molecule has 3 nitrogen and oxygen atoms in total. The summed E-state index contributed by atoms with van der Waals surface area (Å²) in [5.74, 6) is 0.498. The standard InChI is InChI=1S/C20H24N2O.ClH/c1-2-18(15-8-4-3-5-9-15)19-12-7-13-22(19)20(23)16-10-6-11-17(21)14-16;/h3-6,8-11,14,18-19H,2,7,12-13,21H2,1H3;1H. The van der Waals surface area contributed by atoms with Crippen molar-refractivity contribution in [1.29, 1.82) is 0 Å². The van der Waals surface area contributed by atoms with Gasteiger partial charge in [0, 0.05) is 29.8 Å². The van der Waals surface area contributed by atoms with E-state index in [0.717, 1.165) is 25.8 Å². The fourth-order valence-corrected chi connectivity index (χ4v) is 3.73. The molecule has 0 aliphatic carbocycles. The lowest BCUT2D eigenvalue weighted by atomic mass is 9.87. The van der Waals surface area contributed by atoms with E-state index >= 15 is 0 Å². The Morgan fingerprint density at radius 2 is 1.96 bits per heavy atom. The van der Waals surface area contributed by atoms with E-state index in [0.29, 0.717) is 17.2 Å². The van der Waals surface area contributed by atoms with Gasteiger partial charge in [0.15, 0.2) is 0 Å². The maximum atomic E-state index is 12.9. The van der Waals surface area contributed by atoms with E-state index in [1.807, 2.05) is 24.3 Å². The Morgan fingerprint density at radius 1 is 1.21 bits per heavy atom. The zero-order chi connectivity index (χ0) is 16.2. The molecule has 0 bridgehead atoms. The van der Waals surface area contributed by atoms with Gasteiger partial charge in [-0.15, -0.1) is 12.4 Å². The van der Waals surface area contributed by atoms with Crippen LogP contribution in [0.3, 0.4) is 0 Å². The van der Waals surface area contributed by atoms with Crippen LogP contribution in [0.25, 0.3) is 0 Å². The highest BCUT2D eigenvalue weighted by molar-refractivity contribution is 5.95. The molecule has 1 saturated heterocycles. The number of carbonyl (C=O) groups excluding carboxylic acids is 1. The van der Waals surface area contributed by atoms with Crippen LogP contribution in [0, 0.1) is 0 Å². The number of likely N-dealkylation sites (tertiary alicyclic amines) is 1. The van der Waals surface area contributed by atoms with E-state index in [1.54, 1.807) is 6.07 Å². The lowest BCUT2D eigenvalue weighted by molar-refractivity contribution is 0.0714. The van der Waals surface area contributed by atoms with E-state index in [2.05, 4.69) is 36.1 Å². The molecule has 2 unspecified atom stereocenters. The first-order chi connectivity index (χ1) is 11.2. The summed E-state index contributed by atoms with van der Waals surface area (Å²) in [5.41, 5.74) is 8.50. The van der Waals surface area contributed by atoms with Crippen molar-refractivity contribution in [2.75, 3.05) is 12.3 Å². The molecule has 4 heteroatoms. The molecular formula is C20H25ClN2O. The second-order valence-electron chi connectivity index (χ2n) is 6.26. The van der Waals surface area contributed by atoms with Crippen molar-refractivity contribution in [3.8, 4) is 0 Å². The first-order valence-electron chi connectivity index (χ1n) is 8.42. The van der Waals surface area contributed by atoms with Gasteiger partial charge in [-0.25, -0.2) is 0 Å². The molecule has 1 fully saturated rings. The van der Waals surface area contributed by atoms with Crippen molar-refractivity contribution >= 4 is 24.0 Å². The Labute approximate surface area is 150 Å². The highest BCUT2D eigenvalue weighted by Crippen LogP contribution is 2.34. The first kappa shape index (κ1) is 18.3. The Bertz CT molecular complexity index is 674. The number of carbonyl (C=O) groups is 1. The third-order valence-corrected chi connectivity index (χ3v) is 4.83. The molecule has 2 atom stereocenters. The monoisotopic (exact) mass is 344 g/mol. The van der Waals surface area contributed by atoms with E-state index in [4.69, 9.17) is 5.73 Å². The maximum absolute atomic E-state index is 12.9. The van der Waals surface area contributed by atoms with Crippen LogP contribution in [-0.4, -0.2) is 23.4 Å². The summed E-state index contributed by atoms with van der Waals surface area (Å²) in [6.45, 7) is 3.04. The summed E-state index contributed by atoms with van der Waals surface area (Å²) in [6, 6.07) is 18.1. The minimum Gasteiger partial charge on any atom is -0.399 e. The summed E-state index contributed by atoms with van der Waals surface area (Å²) in [4.78, 5) is 15.0. The first-order valence-corrected chi connectivity index (χ1v) is 8.42. The predicted octanol–water partition coefficient (Wildman–Crippen LogP) is 4.49. The number of anilines is 1. The molecular weight excluding hydrogens is 320 g/mol. The third kappa shape index (κ3) is 3.73. The fourth-order valence-electron chi connectivity index (χ4n) is 3.73.